The summed E-state index contributed by atoms with van der Waals surface area (Å²) in [6.45, 7) is 0. The second-order valence-corrected chi connectivity index (χ2v) is 38.6. The van der Waals surface area contributed by atoms with E-state index in [1.165, 1.54) is 176 Å². The molecule has 0 bridgehead atoms. The molecule has 0 radical (unpaired) electrons. The molecule has 0 saturated carbocycles. The predicted octanol–water partition coefficient (Wildman–Crippen LogP) is 36.8. The molecule has 150 heavy (non-hydrogen) atoms. The van der Waals surface area contributed by atoms with Crippen LogP contribution in [0.15, 0.2) is 565 Å². The highest BCUT2D eigenvalue weighted by Crippen LogP contribution is 2.46. The smallest absolute Gasteiger partial charge is 0.145 e. The van der Waals surface area contributed by atoms with E-state index in [1.807, 2.05) is 36.8 Å². The topological polar surface area (TPSA) is 68.2 Å². The van der Waals surface area contributed by atoms with E-state index >= 15 is 0 Å². The molecule has 9 aromatic heterocycles. The SMILES string of the molecule is c1ccc(-c2ccc(-n3c4cc(-c5ccc6c7ccccc7n(-c7cccc(-c8ccccc8)c7)c6c5)ccc4c4cccnc43)cc2)cc1.c1ccc(-c2ccc(-n3c4ccccc4c4ccc(-c5ccc6c7cccnc7n(-c7ccc(-c8ccccc8)cc7)c6c5)cc43)cc2)cc1.c1ccc(-c2cccc(-n3c4ccccc4c4ccc(-c5ccc6c7cccnc7n(-c7cccc(-c8ccccc8)c7)c6c5)cc43)c2)cc1. The molecule has 702 valence electrons. The van der Waals surface area contributed by atoms with E-state index in [4.69, 9.17) is 15.0 Å². The van der Waals surface area contributed by atoms with Gasteiger partial charge in [-0.05, 0) is 264 Å². The van der Waals surface area contributed by atoms with Gasteiger partial charge in [0.2, 0.25) is 0 Å². The third-order valence-corrected chi connectivity index (χ3v) is 29.9. The summed E-state index contributed by atoms with van der Waals surface area (Å²) in [5.74, 6) is 0. The van der Waals surface area contributed by atoms with Crippen molar-refractivity contribution in [3.05, 3.63) is 565 Å². The van der Waals surface area contributed by atoms with E-state index < -0.39 is 0 Å². The van der Waals surface area contributed by atoms with Crippen LogP contribution < -0.4 is 0 Å². The maximum absolute atomic E-state index is 4.90. The molecule has 0 aliphatic heterocycles. The Morgan fingerprint density at radius 1 is 0.100 bits per heavy atom. The van der Waals surface area contributed by atoms with Crippen molar-refractivity contribution >= 4 is 131 Å². The molecule has 9 heterocycles. The quantitative estimate of drug-likeness (QED) is 0.103. The van der Waals surface area contributed by atoms with Gasteiger partial charge in [-0.2, -0.15) is 0 Å². The molecular formula is C141H93N9. The fourth-order valence-electron chi connectivity index (χ4n) is 22.8. The van der Waals surface area contributed by atoms with E-state index in [0.29, 0.717) is 0 Å². The van der Waals surface area contributed by atoms with Gasteiger partial charge in [-0.25, -0.2) is 15.0 Å². The number of nitrogens with zero attached hydrogens (tertiary/aromatic N) is 9. The van der Waals surface area contributed by atoms with Gasteiger partial charge in [0.25, 0.3) is 0 Å². The summed E-state index contributed by atoms with van der Waals surface area (Å²) in [4.78, 5) is 14.6. The zero-order valence-electron chi connectivity index (χ0n) is 81.7. The summed E-state index contributed by atoms with van der Waals surface area (Å²) in [5.41, 5.74) is 41.6. The van der Waals surface area contributed by atoms with Gasteiger partial charge in [-0.1, -0.05) is 382 Å². The molecule has 9 nitrogen and oxygen atoms in total. The molecule has 30 aromatic rings. The molecule has 0 aliphatic carbocycles. The Morgan fingerprint density at radius 2 is 0.273 bits per heavy atom. The monoisotopic (exact) mass is 1910 g/mol. The number of pyridine rings is 3. The minimum atomic E-state index is 0.957. The van der Waals surface area contributed by atoms with Gasteiger partial charge in [0.15, 0.2) is 0 Å². The summed E-state index contributed by atoms with van der Waals surface area (Å²) in [6.07, 6.45) is 5.66. The van der Waals surface area contributed by atoms with Crippen molar-refractivity contribution in [2.45, 2.75) is 0 Å². The van der Waals surface area contributed by atoms with Crippen LogP contribution in [0.4, 0.5) is 0 Å². The first-order valence-electron chi connectivity index (χ1n) is 51.1. The molecule has 21 aromatic carbocycles. The maximum atomic E-state index is 4.90. The Labute approximate surface area is 866 Å². The number of fused-ring (bicyclic) bond motifs is 18. The molecule has 9 heteroatoms. The first-order chi connectivity index (χ1) is 74.4. The zero-order chi connectivity index (χ0) is 99.1. The molecular weight excluding hydrogens is 1820 g/mol. The number of rotatable bonds is 15. The van der Waals surface area contributed by atoms with Crippen molar-refractivity contribution in [2.24, 2.45) is 0 Å². The van der Waals surface area contributed by atoms with Crippen molar-refractivity contribution in [3.63, 3.8) is 0 Å². The van der Waals surface area contributed by atoms with Crippen LogP contribution in [0.1, 0.15) is 0 Å². The number of aromatic nitrogens is 9. The highest BCUT2D eigenvalue weighted by atomic mass is 15.1. The van der Waals surface area contributed by atoms with Crippen molar-refractivity contribution in [3.8, 4) is 134 Å². The lowest BCUT2D eigenvalue weighted by molar-refractivity contribution is 1.14. The summed E-state index contributed by atoms with van der Waals surface area (Å²) < 4.78 is 14.1. The Balaban J connectivity index is 0.000000108. The highest BCUT2D eigenvalue weighted by Gasteiger charge is 2.25. The van der Waals surface area contributed by atoms with Gasteiger partial charge >= 0.3 is 0 Å². The van der Waals surface area contributed by atoms with Gasteiger partial charge in [0.1, 0.15) is 16.9 Å². The van der Waals surface area contributed by atoms with Gasteiger partial charge in [-0.15, -0.1) is 0 Å². The van der Waals surface area contributed by atoms with Crippen LogP contribution in [0.2, 0.25) is 0 Å². The Kier molecular flexibility index (Phi) is 21.8. The molecule has 0 unspecified atom stereocenters. The summed E-state index contributed by atoms with van der Waals surface area (Å²) in [5, 5.41) is 14.5. The molecule has 30 rings (SSSR count). The van der Waals surface area contributed by atoms with Gasteiger partial charge < -0.3 is 13.7 Å². The predicted molar refractivity (Wildman–Crippen MR) is 628 cm³/mol. The first-order valence-corrected chi connectivity index (χ1v) is 51.1. The van der Waals surface area contributed by atoms with E-state index in [-0.39, 0.29) is 0 Å². The fraction of sp³-hybridized carbons (Fsp3) is 0. The van der Waals surface area contributed by atoms with E-state index in [9.17, 15) is 0 Å². The van der Waals surface area contributed by atoms with Crippen LogP contribution in [0, 0.1) is 0 Å². The lowest BCUT2D eigenvalue weighted by atomic mass is 10.0. The van der Waals surface area contributed by atoms with E-state index in [1.54, 1.807) is 0 Å². The molecule has 0 saturated heterocycles. The molecule has 0 aliphatic rings. The van der Waals surface area contributed by atoms with Crippen LogP contribution in [-0.2, 0) is 0 Å². The van der Waals surface area contributed by atoms with Crippen LogP contribution in [0.3, 0.4) is 0 Å². The van der Waals surface area contributed by atoms with Crippen molar-refractivity contribution in [2.75, 3.05) is 0 Å². The van der Waals surface area contributed by atoms with E-state index in [2.05, 4.69) is 555 Å². The molecule has 0 atom stereocenters. The maximum Gasteiger partial charge on any atom is 0.145 e. The van der Waals surface area contributed by atoms with Crippen molar-refractivity contribution in [1.29, 1.82) is 0 Å². The average molecular weight is 1910 g/mol. The fourth-order valence-corrected chi connectivity index (χ4v) is 22.8. The Morgan fingerprint density at radius 3 is 0.547 bits per heavy atom. The van der Waals surface area contributed by atoms with Crippen LogP contribution in [0.5, 0.6) is 0 Å². The van der Waals surface area contributed by atoms with E-state index in [0.717, 1.165) is 89.3 Å². The minimum absolute atomic E-state index is 0.957. The summed E-state index contributed by atoms with van der Waals surface area (Å²) in [7, 11) is 0. The number of hydrogen-bond donors (Lipinski definition) is 0. The number of para-hydroxylation sites is 3. The van der Waals surface area contributed by atoms with Gasteiger partial charge in [0, 0.05) is 117 Å². The molecule has 0 amide bonds. The van der Waals surface area contributed by atoms with Gasteiger partial charge in [-0.3, -0.25) is 13.7 Å². The third-order valence-electron chi connectivity index (χ3n) is 29.9. The Hall–Kier alpha value is -20.1. The van der Waals surface area contributed by atoms with Crippen LogP contribution in [-0.4, -0.2) is 42.4 Å². The molecule has 0 spiro atoms. The Bertz CT molecular complexity index is 10000. The van der Waals surface area contributed by atoms with Gasteiger partial charge in [0.05, 0.1) is 49.7 Å². The standard InChI is InChI=1S/3C47H31N3/c1-3-12-32(13-4-1)34-16-9-18-38(28-34)49-44-22-8-7-20-40(44)41-25-23-36(30-45(41)49)37-24-26-42-43-21-11-27-48-47(43)50(46(42)31-37)39-19-10-17-35(29-39)33-14-5-2-6-15-33;1-3-11-32(12-4-1)34-20-24-38(25-21-34)50-46-31-37(23-27-42(46)43-18-10-28-48-47(43)50)36-22-26-41-40-17-7-8-19-44(40)49(45(41)30-36)39-16-9-15-35(29-39)33-13-5-2-6-14-33;1-3-10-32(11-4-1)34-17-23-38(24-18-34)49-44-16-8-7-14-40(44)41-27-21-36(30-45(41)49)37-22-28-42-43-15-9-29-48-47(43)50(46(42)31-37)39-25-19-35(20-26-39)33-12-5-2-6-13-33/h3*1-31H. The largest absolute Gasteiger partial charge is 0.309 e. The minimum Gasteiger partial charge on any atom is -0.309 e. The molecule has 0 N–H and O–H groups in total. The summed E-state index contributed by atoms with van der Waals surface area (Å²) in [6, 6.07) is 196. The summed E-state index contributed by atoms with van der Waals surface area (Å²) >= 11 is 0. The average Bonchev–Trinajstić information content (AvgIpc) is 1.59. The zero-order valence-corrected chi connectivity index (χ0v) is 81.7. The lowest BCUT2D eigenvalue weighted by Gasteiger charge is -2.12. The van der Waals surface area contributed by atoms with Crippen molar-refractivity contribution in [1.82, 2.24) is 42.4 Å². The third kappa shape index (κ3) is 15.5. The van der Waals surface area contributed by atoms with Crippen LogP contribution in [0.25, 0.3) is 265 Å². The number of hydrogen-bond acceptors (Lipinski definition) is 3. The first kappa shape index (κ1) is 87.6. The number of benzene rings is 21. The van der Waals surface area contributed by atoms with Crippen LogP contribution >= 0.6 is 0 Å². The lowest BCUT2D eigenvalue weighted by Crippen LogP contribution is -1.96. The molecule has 0 fully saturated rings. The normalized spacial score (nSPS) is 11.6. The van der Waals surface area contributed by atoms with Crippen molar-refractivity contribution < 1.29 is 0 Å². The second kappa shape index (κ2) is 37.2. The highest BCUT2D eigenvalue weighted by molar-refractivity contribution is 6.16. The second-order valence-electron chi connectivity index (χ2n) is 38.6.